The zero-order chi connectivity index (χ0) is 27.3. The second kappa shape index (κ2) is 11.6. The van der Waals surface area contributed by atoms with E-state index >= 15 is 0 Å². The van der Waals surface area contributed by atoms with Gasteiger partial charge in [0.2, 0.25) is 11.8 Å². The van der Waals surface area contributed by atoms with Crippen LogP contribution in [0.2, 0.25) is 0 Å². The molecular weight excluding hydrogens is 574 g/mol. The Hall–Kier alpha value is -4.00. The number of amides is 2. The van der Waals surface area contributed by atoms with Crippen molar-refractivity contribution in [2.45, 2.75) is 25.6 Å². The van der Waals surface area contributed by atoms with Crippen molar-refractivity contribution in [1.29, 1.82) is 0 Å². The van der Waals surface area contributed by atoms with Gasteiger partial charge in [0.1, 0.15) is 17.9 Å². The van der Waals surface area contributed by atoms with Crippen LogP contribution in [0.15, 0.2) is 61.1 Å². The summed E-state index contributed by atoms with van der Waals surface area (Å²) in [6.45, 7) is 0.218. The van der Waals surface area contributed by atoms with Crippen LogP contribution in [0, 0.1) is 5.82 Å². The van der Waals surface area contributed by atoms with Crippen molar-refractivity contribution in [2.75, 3.05) is 10.6 Å². The molecule has 2 aromatic carbocycles. The Morgan fingerprint density at radius 1 is 1.05 bits per heavy atom. The number of aromatic nitrogens is 3. The number of rotatable bonds is 8. The minimum Gasteiger partial charge on any atom is -0.439 e. The summed E-state index contributed by atoms with van der Waals surface area (Å²) in [6, 6.07) is 9.56. The maximum absolute atomic E-state index is 13.5. The van der Waals surface area contributed by atoms with Crippen LogP contribution in [0.3, 0.4) is 0 Å². The van der Waals surface area contributed by atoms with E-state index in [1.54, 1.807) is 30.3 Å². The molecule has 0 fully saturated rings. The lowest BCUT2D eigenvalue weighted by Crippen LogP contribution is -2.23. The molecule has 2 heterocycles. The van der Waals surface area contributed by atoms with E-state index in [9.17, 15) is 27.2 Å². The van der Waals surface area contributed by atoms with Gasteiger partial charge in [-0.15, -0.1) is 0 Å². The van der Waals surface area contributed by atoms with Crippen LogP contribution in [0.4, 0.5) is 28.0 Å². The molecule has 8 nitrogen and oxygen atoms in total. The molecular formula is C25H20BrF4N5O3. The number of fused-ring (bicyclic) bond motifs is 1. The summed E-state index contributed by atoms with van der Waals surface area (Å²) in [4.78, 5) is 32.7. The van der Waals surface area contributed by atoms with E-state index in [1.165, 1.54) is 17.1 Å². The Kier molecular flexibility index (Phi) is 8.25. The molecule has 0 saturated carbocycles. The van der Waals surface area contributed by atoms with Gasteiger partial charge in [0.05, 0.1) is 23.3 Å². The van der Waals surface area contributed by atoms with Gasteiger partial charge in [-0.3, -0.25) is 9.36 Å². The van der Waals surface area contributed by atoms with Crippen molar-refractivity contribution >= 4 is 44.5 Å². The van der Waals surface area contributed by atoms with Crippen molar-refractivity contribution < 1.29 is 31.9 Å². The predicted molar refractivity (Wildman–Crippen MR) is 135 cm³/mol. The fourth-order valence-corrected chi connectivity index (χ4v) is 3.80. The second-order valence-corrected chi connectivity index (χ2v) is 8.84. The third kappa shape index (κ3) is 6.65. The van der Waals surface area contributed by atoms with Gasteiger partial charge in [-0.25, -0.2) is 19.2 Å². The third-order valence-electron chi connectivity index (χ3n) is 5.33. The first-order valence-corrected chi connectivity index (χ1v) is 12.4. The van der Waals surface area contributed by atoms with E-state index < -0.39 is 23.6 Å². The molecule has 198 valence electrons. The summed E-state index contributed by atoms with van der Waals surface area (Å²) in [7, 11) is 0. The highest BCUT2D eigenvalue weighted by atomic mass is 79.9. The smallest absolute Gasteiger partial charge is 0.419 e. The Bertz CT molecular complexity index is 1480. The van der Waals surface area contributed by atoms with Gasteiger partial charge in [0.15, 0.2) is 0 Å². The Labute approximate surface area is 222 Å². The van der Waals surface area contributed by atoms with Gasteiger partial charge in [0.25, 0.3) is 0 Å². The maximum Gasteiger partial charge on any atom is 0.419 e. The monoisotopic (exact) mass is 593 g/mol. The zero-order valence-electron chi connectivity index (χ0n) is 19.6. The molecule has 0 aliphatic heterocycles. The number of carbonyl (C=O) groups excluding carboxylic acids is 2. The fraction of sp³-hybridized carbons (Fsp3) is 0.200. The first-order valence-electron chi connectivity index (χ1n) is 11.2. The van der Waals surface area contributed by atoms with E-state index in [2.05, 4.69) is 36.5 Å². The number of ether oxygens (including phenoxy) is 1. The van der Waals surface area contributed by atoms with Crippen LogP contribution in [-0.4, -0.2) is 31.8 Å². The van der Waals surface area contributed by atoms with E-state index in [0.29, 0.717) is 40.9 Å². The number of benzene rings is 2. The molecule has 0 bridgehead atoms. The van der Waals surface area contributed by atoms with E-state index in [1.807, 2.05) is 0 Å². The number of nitrogens with one attached hydrogen (secondary N) is 2. The number of hydrogen-bond acceptors (Lipinski definition) is 5. The fourth-order valence-electron chi connectivity index (χ4n) is 3.52. The molecule has 4 aromatic rings. The summed E-state index contributed by atoms with van der Waals surface area (Å²) in [5.74, 6) is -0.863. The first-order chi connectivity index (χ1) is 18.1. The van der Waals surface area contributed by atoms with Crippen molar-refractivity contribution in [3.8, 4) is 11.6 Å². The number of halogens is 5. The van der Waals surface area contributed by atoms with Gasteiger partial charge < -0.3 is 15.4 Å². The van der Waals surface area contributed by atoms with Gasteiger partial charge in [-0.05, 0) is 48.9 Å². The number of nitrogens with zero attached hydrogens (tertiary/aromatic N) is 3. The van der Waals surface area contributed by atoms with Gasteiger partial charge >= 0.3 is 12.2 Å². The van der Waals surface area contributed by atoms with Gasteiger partial charge in [-0.1, -0.05) is 15.9 Å². The molecule has 0 saturated heterocycles. The first kappa shape index (κ1) is 27.0. The quantitative estimate of drug-likeness (QED) is 0.186. The molecule has 0 aliphatic carbocycles. The number of alkyl halides is 4. The van der Waals surface area contributed by atoms with E-state index in [4.69, 9.17) is 4.74 Å². The van der Waals surface area contributed by atoms with Crippen molar-refractivity contribution in [3.05, 3.63) is 78.1 Å². The largest absolute Gasteiger partial charge is 0.439 e. The molecule has 2 N–H and O–H groups in total. The Balaban J connectivity index is 1.45. The van der Waals surface area contributed by atoms with E-state index in [-0.39, 0.29) is 24.0 Å². The summed E-state index contributed by atoms with van der Waals surface area (Å²) in [5.41, 5.74) is -0.660. The zero-order valence-corrected chi connectivity index (χ0v) is 21.1. The third-order valence-corrected chi connectivity index (χ3v) is 5.89. The summed E-state index contributed by atoms with van der Waals surface area (Å²) >= 11 is 3.28. The van der Waals surface area contributed by atoms with Crippen LogP contribution in [0.25, 0.3) is 10.9 Å². The second-order valence-electron chi connectivity index (χ2n) is 8.05. The summed E-state index contributed by atoms with van der Waals surface area (Å²) < 4.78 is 59.5. The van der Waals surface area contributed by atoms with Crippen LogP contribution in [-0.2, 0) is 17.5 Å². The van der Waals surface area contributed by atoms with Crippen molar-refractivity contribution in [3.63, 3.8) is 0 Å². The normalized spacial score (nSPS) is 11.4. The Morgan fingerprint density at radius 2 is 1.87 bits per heavy atom. The molecule has 2 amide bonds. The average Bonchev–Trinajstić information content (AvgIpc) is 3.30. The SMILES string of the molecule is O=C(CCCBr)NCc1cc(Oc2ccc3c(ccn3C(=O)Nc3ccc(F)c(C(F)(F)F)c3)c2)ncn1. The van der Waals surface area contributed by atoms with Crippen LogP contribution in [0.5, 0.6) is 11.6 Å². The lowest BCUT2D eigenvalue weighted by atomic mass is 10.2. The van der Waals surface area contributed by atoms with Crippen molar-refractivity contribution in [1.82, 2.24) is 19.9 Å². The molecule has 0 atom stereocenters. The van der Waals surface area contributed by atoms with E-state index in [0.717, 1.165) is 17.8 Å². The molecule has 0 radical (unpaired) electrons. The van der Waals surface area contributed by atoms with Gasteiger partial charge in [0, 0.05) is 35.1 Å². The summed E-state index contributed by atoms with van der Waals surface area (Å²) in [6.07, 6.45) is -1.02. The summed E-state index contributed by atoms with van der Waals surface area (Å²) in [5, 5.41) is 6.47. The molecule has 0 spiro atoms. The molecule has 2 aromatic heterocycles. The minimum absolute atomic E-state index is 0.0928. The highest BCUT2D eigenvalue weighted by Gasteiger charge is 2.34. The molecule has 38 heavy (non-hydrogen) atoms. The number of anilines is 1. The van der Waals surface area contributed by atoms with Gasteiger partial charge in [-0.2, -0.15) is 13.2 Å². The molecule has 13 heteroatoms. The lowest BCUT2D eigenvalue weighted by molar-refractivity contribution is -0.140. The lowest BCUT2D eigenvalue weighted by Gasteiger charge is -2.12. The van der Waals surface area contributed by atoms with Crippen LogP contribution >= 0.6 is 15.9 Å². The van der Waals surface area contributed by atoms with Crippen molar-refractivity contribution in [2.24, 2.45) is 0 Å². The Morgan fingerprint density at radius 3 is 2.63 bits per heavy atom. The minimum atomic E-state index is -4.90. The maximum atomic E-state index is 13.5. The highest BCUT2D eigenvalue weighted by molar-refractivity contribution is 9.09. The highest BCUT2D eigenvalue weighted by Crippen LogP contribution is 2.33. The molecule has 0 unspecified atom stereocenters. The number of carbonyl (C=O) groups is 2. The van der Waals surface area contributed by atoms with Crippen LogP contribution < -0.4 is 15.4 Å². The van der Waals surface area contributed by atoms with Crippen LogP contribution in [0.1, 0.15) is 24.1 Å². The standard InChI is InChI=1S/C25H20BrF4N5O3/c26-8-1-2-22(36)31-13-17-12-23(33-14-32-17)38-18-4-6-21-15(10-18)7-9-35(21)24(37)34-16-3-5-20(27)19(11-16)25(28,29)30/h3-7,9-12,14H,1-2,8,13H2,(H,31,36)(H,34,37). The topological polar surface area (TPSA) is 98.1 Å². The number of hydrogen-bond donors (Lipinski definition) is 2. The molecule has 4 rings (SSSR count). The predicted octanol–water partition coefficient (Wildman–Crippen LogP) is 6.25. The average molecular weight is 594 g/mol. The molecule has 0 aliphatic rings.